The van der Waals surface area contributed by atoms with Gasteiger partial charge in [0, 0.05) is 6.20 Å². The Labute approximate surface area is 163 Å². The molecule has 6 nitrogen and oxygen atoms in total. The Morgan fingerprint density at radius 1 is 1.04 bits per heavy atom. The Balaban J connectivity index is 1.91. The SMILES string of the molecule is O=C(O)c1ccc(N=c2sc3ncccc3c(=O)n2Cc2ccccc2)cc1. The van der Waals surface area contributed by atoms with Gasteiger partial charge in [-0.15, -0.1) is 0 Å². The van der Waals surface area contributed by atoms with Gasteiger partial charge in [-0.2, -0.15) is 0 Å². The average molecular weight is 389 g/mol. The second kappa shape index (κ2) is 7.58. The van der Waals surface area contributed by atoms with E-state index in [1.165, 1.54) is 23.5 Å². The van der Waals surface area contributed by atoms with Crippen molar-refractivity contribution in [1.82, 2.24) is 9.55 Å². The summed E-state index contributed by atoms with van der Waals surface area (Å²) in [6, 6.07) is 19.4. The predicted octanol–water partition coefficient (Wildman–Crippen LogP) is 3.44. The number of rotatable bonds is 4. The number of carboxylic acids is 1. The highest BCUT2D eigenvalue weighted by Crippen LogP contribution is 2.14. The molecule has 4 aromatic rings. The van der Waals surface area contributed by atoms with Crippen LogP contribution in [0.5, 0.6) is 0 Å². The highest BCUT2D eigenvalue weighted by molar-refractivity contribution is 7.15. The maximum atomic E-state index is 13.1. The minimum atomic E-state index is -0.995. The lowest BCUT2D eigenvalue weighted by molar-refractivity contribution is 0.0697. The number of aromatic nitrogens is 2. The van der Waals surface area contributed by atoms with Crippen LogP contribution in [-0.4, -0.2) is 20.6 Å². The third kappa shape index (κ3) is 3.60. The molecule has 2 aromatic heterocycles. The topological polar surface area (TPSA) is 84.6 Å². The van der Waals surface area contributed by atoms with Gasteiger partial charge in [0.1, 0.15) is 4.83 Å². The summed E-state index contributed by atoms with van der Waals surface area (Å²) < 4.78 is 1.62. The van der Waals surface area contributed by atoms with E-state index in [1.807, 2.05) is 30.3 Å². The molecule has 0 atom stereocenters. The molecule has 0 aliphatic heterocycles. The van der Waals surface area contributed by atoms with Crippen molar-refractivity contribution in [3.05, 3.63) is 99.2 Å². The summed E-state index contributed by atoms with van der Waals surface area (Å²) in [5.41, 5.74) is 1.58. The highest BCUT2D eigenvalue weighted by Gasteiger charge is 2.09. The summed E-state index contributed by atoms with van der Waals surface area (Å²) in [7, 11) is 0. The van der Waals surface area contributed by atoms with Crippen LogP contribution in [0.4, 0.5) is 5.69 Å². The van der Waals surface area contributed by atoms with Crippen LogP contribution in [-0.2, 0) is 6.54 Å². The van der Waals surface area contributed by atoms with Gasteiger partial charge >= 0.3 is 5.97 Å². The molecule has 2 aromatic carbocycles. The summed E-state index contributed by atoms with van der Waals surface area (Å²) in [6.45, 7) is 0.382. The van der Waals surface area contributed by atoms with Gasteiger partial charge in [-0.1, -0.05) is 41.7 Å². The first kappa shape index (κ1) is 17.8. The van der Waals surface area contributed by atoms with Gasteiger partial charge in [0.15, 0.2) is 4.80 Å². The molecule has 0 aliphatic carbocycles. The largest absolute Gasteiger partial charge is 0.478 e. The first-order valence-corrected chi connectivity index (χ1v) is 9.34. The normalized spacial score (nSPS) is 11.6. The Morgan fingerprint density at radius 3 is 2.50 bits per heavy atom. The van der Waals surface area contributed by atoms with Crippen LogP contribution < -0.4 is 10.4 Å². The van der Waals surface area contributed by atoms with Crippen molar-refractivity contribution >= 4 is 33.2 Å². The van der Waals surface area contributed by atoms with E-state index in [0.29, 0.717) is 27.3 Å². The molecule has 7 heteroatoms. The predicted molar refractivity (Wildman–Crippen MR) is 108 cm³/mol. The molecular formula is C21H15N3O3S. The smallest absolute Gasteiger partial charge is 0.335 e. The van der Waals surface area contributed by atoms with E-state index in [1.54, 1.807) is 35.0 Å². The maximum absolute atomic E-state index is 13.1. The molecule has 0 radical (unpaired) electrons. The number of aromatic carboxylic acids is 1. The van der Waals surface area contributed by atoms with Gasteiger partial charge < -0.3 is 5.11 Å². The fraction of sp³-hybridized carbons (Fsp3) is 0.0476. The number of hydrogen-bond acceptors (Lipinski definition) is 5. The third-order valence-electron chi connectivity index (χ3n) is 4.19. The minimum absolute atomic E-state index is 0.161. The number of fused-ring (bicyclic) bond motifs is 1. The molecule has 0 saturated heterocycles. The summed E-state index contributed by atoms with van der Waals surface area (Å²) in [5, 5.41) is 9.59. The number of benzene rings is 2. The zero-order valence-electron chi connectivity index (χ0n) is 14.6. The van der Waals surface area contributed by atoms with Crippen molar-refractivity contribution in [2.75, 3.05) is 0 Å². The van der Waals surface area contributed by atoms with Crippen molar-refractivity contribution in [2.45, 2.75) is 6.54 Å². The zero-order chi connectivity index (χ0) is 19.5. The van der Waals surface area contributed by atoms with E-state index < -0.39 is 5.97 Å². The molecule has 138 valence electrons. The molecule has 4 rings (SSSR count). The lowest BCUT2D eigenvalue weighted by Crippen LogP contribution is -2.32. The van der Waals surface area contributed by atoms with E-state index in [2.05, 4.69) is 9.98 Å². The minimum Gasteiger partial charge on any atom is -0.478 e. The van der Waals surface area contributed by atoms with Crippen LogP contribution in [0.2, 0.25) is 0 Å². The number of carboxylic acid groups (broad SMARTS) is 1. The van der Waals surface area contributed by atoms with Gasteiger partial charge in [0.25, 0.3) is 5.56 Å². The van der Waals surface area contributed by atoms with Gasteiger partial charge in [0.2, 0.25) is 0 Å². The Morgan fingerprint density at radius 2 is 1.79 bits per heavy atom. The third-order valence-corrected chi connectivity index (χ3v) is 5.20. The molecule has 0 aliphatic rings. The van der Waals surface area contributed by atoms with Crippen LogP contribution in [0.25, 0.3) is 10.2 Å². The lowest BCUT2D eigenvalue weighted by atomic mass is 10.2. The molecule has 0 unspecified atom stereocenters. The highest BCUT2D eigenvalue weighted by atomic mass is 32.1. The maximum Gasteiger partial charge on any atom is 0.335 e. The van der Waals surface area contributed by atoms with Crippen LogP contribution in [0, 0.1) is 0 Å². The Kier molecular flexibility index (Phi) is 4.82. The standard InChI is InChI=1S/C21H15N3O3S/c25-19-17-7-4-12-22-18(17)28-21(24(19)13-14-5-2-1-3-6-14)23-16-10-8-15(9-11-16)20(26)27/h1-12H,13H2,(H,26,27). The van der Waals surface area contributed by atoms with Crippen molar-refractivity contribution in [2.24, 2.45) is 4.99 Å². The first-order chi connectivity index (χ1) is 13.6. The summed E-state index contributed by atoms with van der Waals surface area (Å²) >= 11 is 1.32. The quantitative estimate of drug-likeness (QED) is 0.579. The molecule has 1 N–H and O–H groups in total. The van der Waals surface area contributed by atoms with Gasteiger partial charge in [-0.05, 0) is 42.0 Å². The van der Waals surface area contributed by atoms with Crippen molar-refractivity contribution < 1.29 is 9.90 Å². The van der Waals surface area contributed by atoms with E-state index in [-0.39, 0.29) is 11.1 Å². The molecular weight excluding hydrogens is 374 g/mol. The molecule has 0 fully saturated rings. The number of carbonyl (C=O) groups is 1. The number of pyridine rings is 1. The number of nitrogens with zero attached hydrogens (tertiary/aromatic N) is 3. The van der Waals surface area contributed by atoms with E-state index in [4.69, 9.17) is 5.11 Å². The van der Waals surface area contributed by atoms with Crippen LogP contribution in [0.3, 0.4) is 0 Å². The fourth-order valence-corrected chi connectivity index (χ4v) is 3.75. The molecule has 0 saturated carbocycles. The van der Waals surface area contributed by atoms with Crippen LogP contribution in [0.1, 0.15) is 15.9 Å². The van der Waals surface area contributed by atoms with E-state index in [0.717, 1.165) is 5.56 Å². The monoisotopic (exact) mass is 389 g/mol. The fourth-order valence-electron chi connectivity index (χ4n) is 2.79. The van der Waals surface area contributed by atoms with Crippen molar-refractivity contribution in [1.29, 1.82) is 0 Å². The first-order valence-electron chi connectivity index (χ1n) is 8.52. The number of hydrogen-bond donors (Lipinski definition) is 1. The van der Waals surface area contributed by atoms with E-state index in [9.17, 15) is 9.59 Å². The average Bonchev–Trinajstić information content (AvgIpc) is 2.72. The van der Waals surface area contributed by atoms with E-state index >= 15 is 0 Å². The van der Waals surface area contributed by atoms with Gasteiger partial charge in [-0.3, -0.25) is 9.36 Å². The van der Waals surface area contributed by atoms with Crippen molar-refractivity contribution in [3.63, 3.8) is 0 Å². The lowest BCUT2D eigenvalue weighted by Gasteiger charge is -2.08. The molecule has 28 heavy (non-hydrogen) atoms. The summed E-state index contributed by atoms with van der Waals surface area (Å²) in [6.07, 6.45) is 1.64. The second-order valence-corrected chi connectivity index (χ2v) is 7.04. The summed E-state index contributed by atoms with van der Waals surface area (Å²) in [5.74, 6) is -0.995. The second-order valence-electron chi connectivity index (χ2n) is 6.08. The molecule has 0 amide bonds. The summed E-state index contributed by atoms with van der Waals surface area (Å²) in [4.78, 5) is 34.1. The molecule has 0 bridgehead atoms. The zero-order valence-corrected chi connectivity index (χ0v) is 15.5. The Bertz CT molecular complexity index is 1280. The van der Waals surface area contributed by atoms with Crippen molar-refractivity contribution in [3.8, 4) is 0 Å². The van der Waals surface area contributed by atoms with Gasteiger partial charge in [0.05, 0.1) is 23.2 Å². The molecule has 2 heterocycles. The van der Waals surface area contributed by atoms with Gasteiger partial charge in [-0.25, -0.2) is 14.8 Å². The van der Waals surface area contributed by atoms with Crippen LogP contribution >= 0.6 is 11.3 Å². The van der Waals surface area contributed by atoms with Crippen LogP contribution in [0.15, 0.2) is 82.7 Å². The Hall–Kier alpha value is -3.58. The molecule has 0 spiro atoms.